The van der Waals surface area contributed by atoms with Crippen molar-refractivity contribution in [3.8, 4) is 22.3 Å². The van der Waals surface area contributed by atoms with Crippen LogP contribution in [0.1, 0.15) is 107 Å². The van der Waals surface area contributed by atoms with E-state index in [0.717, 1.165) is 6.42 Å². The summed E-state index contributed by atoms with van der Waals surface area (Å²) >= 11 is 1.97. The summed E-state index contributed by atoms with van der Waals surface area (Å²) in [7, 11) is 0. The molecule has 3 heterocycles. The molecule has 10 aromatic carbocycles. The van der Waals surface area contributed by atoms with E-state index in [-0.39, 0.29) is 22.2 Å². The SMILES string of the molecule is CCC(C)(C)c1ccc2c(c1)C1c3sc4ccccc4c3N(c3cccc(-c4cccc(C(C)(C)C)c4)c3)c3cccc(c31)N2c1ccc(C(C)(C)C)cc1-c1ccc2c3ccccc3c3ccccc3c2c1. The third-order valence-electron chi connectivity index (χ3n) is 16.5. The van der Waals surface area contributed by atoms with Crippen molar-refractivity contribution >= 4 is 87.9 Å². The minimum atomic E-state index is -0.0643. The second kappa shape index (κ2) is 16.5. The minimum absolute atomic E-state index is 0.00829. The Labute approximate surface area is 435 Å². The Morgan fingerprint density at radius 3 is 1.66 bits per heavy atom. The summed E-state index contributed by atoms with van der Waals surface area (Å²) in [5, 5.41) is 9.02. The lowest BCUT2D eigenvalue weighted by molar-refractivity contribution is 0.505. The van der Waals surface area contributed by atoms with Gasteiger partial charge in [-0.05, 0) is 149 Å². The monoisotopic (exact) mass is 962 g/mol. The molecular weight excluding hydrogens is 901 g/mol. The Bertz CT molecular complexity index is 4010. The van der Waals surface area contributed by atoms with E-state index in [1.165, 1.54) is 131 Å². The first-order chi connectivity index (χ1) is 35.2. The van der Waals surface area contributed by atoms with Crippen molar-refractivity contribution < 1.29 is 0 Å². The molecule has 0 spiro atoms. The van der Waals surface area contributed by atoms with Crippen molar-refractivity contribution in [3.63, 3.8) is 0 Å². The van der Waals surface area contributed by atoms with E-state index >= 15 is 0 Å². The van der Waals surface area contributed by atoms with E-state index in [0.29, 0.717) is 0 Å². The molecule has 0 fully saturated rings. The van der Waals surface area contributed by atoms with Crippen LogP contribution in [0, 0.1) is 0 Å². The largest absolute Gasteiger partial charge is 0.309 e. The summed E-state index contributed by atoms with van der Waals surface area (Å²) in [5.74, 6) is 0.0259. The van der Waals surface area contributed by atoms with E-state index in [1.807, 2.05) is 11.3 Å². The first kappa shape index (κ1) is 45.4. The Hall–Kier alpha value is -7.46. The smallest absolute Gasteiger partial charge is 0.0689 e. The zero-order valence-corrected chi connectivity index (χ0v) is 44.4. The number of rotatable bonds is 6. The van der Waals surface area contributed by atoms with Gasteiger partial charge in [-0.3, -0.25) is 0 Å². The van der Waals surface area contributed by atoms with Gasteiger partial charge < -0.3 is 9.80 Å². The number of thiophene rings is 1. The van der Waals surface area contributed by atoms with Crippen LogP contribution >= 0.6 is 11.3 Å². The number of nitrogens with zero attached hydrogens (tertiary/aromatic N) is 2. The quantitative estimate of drug-likeness (QED) is 0.153. The van der Waals surface area contributed by atoms with Gasteiger partial charge in [0.15, 0.2) is 0 Å². The van der Waals surface area contributed by atoms with Gasteiger partial charge in [-0.2, -0.15) is 0 Å². The molecule has 358 valence electrons. The van der Waals surface area contributed by atoms with Gasteiger partial charge in [0, 0.05) is 31.8 Å². The van der Waals surface area contributed by atoms with Gasteiger partial charge in [0.1, 0.15) is 0 Å². The highest BCUT2D eigenvalue weighted by atomic mass is 32.1. The second-order valence-corrected chi connectivity index (χ2v) is 24.4. The van der Waals surface area contributed by atoms with Crippen molar-refractivity contribution in [3.05, 3.63) is 227 Å². The zero-order valence-electron chi connectivity index (χ0n) is 43.6. The number of hydrogen-bond acceptors (Lipinski definition) is 3. The molecule has 3 heteroatoms. The van der Waals surface area contributed by atoms with E-state index in [4.69, 9.17) is 0 Å². The molecule has 0 saturated carbocycles. The van der Waals surface area contributed by atoms with Gasteiger partial charge in [-0.1, -0.05) is 202 Å². The van der Waals surface area contributed by atoms with Crippen LogP contribution in [0.5, 0.6) is 0 Å². The molecule has 11 aromatic rings. The molecule has 0 bridgehead atoms. The Kier molecular flexibility index (Phi) is 10.3. The summed E-state index contributed by atoms with van der Waals surface area (Å²) in [5.41, 5.74) is 18.9. The standard InChI is InChI=1S/C70H62N2S/c1-10-70(8,9)48-34-37-60-58(42-48)64-65-61(71(66-55-28-15-16-31-63(55)73-67(64)66)49-23-18-21-44(39-49)43-20-17-22-46(38-43)68(2,3)4)29-19-30-62(65)72(60)59-36-33-47(69(5,6)7)41-56(59)45-32-35-54-52-26-12-11-24-50(52)51-25-13-14-27-53(51)57(54)40-45/h11-42,64H,10H2,1-9H3. The average molecular weight is 963 g/mol. The fourth-order valence-electron chi connectivity index (χ4n) is 12.0. The van der Waals surface area contributed by atoms with Crippen molar-refractivity contribution in [1.82, 2.24) is 0 Å². The van der Waals surface area contributed by atoms with Crippen LogP contribution in [-0.4, -0.2) is 0 Å². The van der Waals surface area contributed by atoms with Crippen molar-refractivity contribution in [1.29, 1.82) is 0 Å². The van der Waals surface area contributed by atoms with Crippen LogP contribution in [0.25, 0.3) is 64.7 Å². The summed E-state index contributed by atoms with van der Waals surface area (Å²) in [6.45, 7) is 21.1. The summed E-state index contributed by atoms with van der Waals surface area (Å²) in [6, 6.07) is 74.4. The van der Waals surface area contributed by atoms with Gasteiger partial charge in [-0.25, -0.2) is 0 Å². The first-order valence-electron chi connectivity index (χ1n) is 26.3. The van der Waals surface area contributed by atoms with Crippen LogP contribution in [0.3, 0.4) is 0 Å². The second-order valence-electron chi connectivity index (χ2n) is 23.4. The highest BCUT2D eigenvalue weighted by Crippen LogP contribution is 2.64. The zero-order chi connectivity index (χ0) is 50.1. The number of benzene rings is 10. The first-order valence-corrected chi connectivity index (χ1v) is 27.1. The Morgan fingerprint density at radius 2 is 0.973 bits per heavy atom. The average Bonchev–Trinajstić information content (AvgIpc) is 3.79. The maximum absolute atomic E-state index is 2.63. The molecule has 1 atom stereocenters. The van der Waals surface area contributed by atoms with Gasteiger partial charge >= 0.3 is 0 Å². The fourth-order valence-corrected chi connectivity index (χ4v) is 13.3. The highest BCUT2D eigenvalue weighted by Gasteiger charge is 2.44. The number of anilines is 6. The minimum Gasteiger partial charge on any atom is -0.309 e. The Morgan fingerprint density at radius 1 is 0.411 bits per heavy atom. The van der Waals surface area contributed by atoms with Gasteiger partial charge in [0.05, 0.1) is 34.4 Å². The lowest BCUT2D eigenvalue weighted by Gasteiger charge is -2.45. The molecular formula is C70H62N2S. The molecule has 0 saturated heterocycles. The van der Waals surface area contributed by atoms with Crippen LogP contribution in [0.15, 0.2) is 194 Å². The van der Waals surface area contributed by atoms with Gasteiger partial charge in [0.25, 0.3) is 0 Å². The van der Waals surface area contributed by atoms with E-state index in [1.54, 1.807) is 0 Å². The summed E-state index contributed by atoms with van der Waals surface area (Å²) < 4.78 is 1.31. The van der Waals surface area contributed by atoms with Crippen LogP contribution < -0.4 is 9.80 Å². The molecule has 2 aliphatic heterocycles. The third-order valence-corrected chi connectivity index (χ3v) is 17.7. The molecule has 0 radical (unpaired) electrons. The molecule has 2 aliphatic rings. The predicted molar refractivity (Wildman–Crippen MR) is 316 cm³/mol. The predicted octanol–water partition coefficient (Wildman–Crippen LogP) is 20.7. The van der Waals surface area contributed by atoms with Crippen molar-refractivity contribution in [2.24, 2.45) is 0 Å². The molecule has 13 rings (SSSR count). The molecule has 0 amide bonds. The van der Waals surface area contributed by atoms with E-state index < -0.39 is 0 Å². The van der Waals surface area contributed by atoms with E-state index in [9.17, 15) is 0 Å². The summed E-state index contributed by atoms with van der Waals surface area (Å²) in [6.07, 6.45) is 1.04. The maximum Gasteiger partial charge on any atom is 0.0689 e. The maximum atomic E-state index is 2.63. The van der Waals surface area contributed by atoms with Crippen molar-refractivity contribution in [2.45, 2.75) is 90.9 Å². The van der Waals surface area contributed by atoms with E-state index in [2.05, 4.69) is 266 Å². The normalized spacial score (nSPS) is 14.5. The van der Waals surface area contributed by atoms with Crippen LogP contribution in [-0.2, 0) is 16.2 Å². The van der Waals surface area contributed by atoms with Crippen molar-refractivity contribution in [2.75, 3.05) is 9.80 Å². The van der Waals surface area contributed by atoms with Crippen LogP contribution in [0.2, 0.25) is 0 Å². The lowest BCUT2D eigenvalue weighted by atomic mass is 9.75. The molecule has 0 aliphatic carbocycles. The molecule has 0 N–H and O–H groups in total. The molecule has 73 heavy (non-hydrogen) atoms. The fraction of sp³-hybridized carbons (Fsp3) is 0.200. The topological polar surface area (TPSA) is 6.48 Å². The number of hydrogen-bond donors (Lipinski definition) is 0. The summed E-state index contributed by atoms with van der Waals surface area (Å²) in [4.78, 5) is 6.62. The highest BCUT2D eigenvalue weighted by molar-refractivity contribution is 7.20. The number of fused-ring (bicyclic) bond motifs is 12. The molecule has 1 aromatic heterocycles. The van der Waals surface area contributed by atoms with Gasteiger partial charge in [0.2, 0.25) is 0 Å². The van der Waals surface area contributed by atoms with Crippen LogP contribution in [0.4, 0.5) is 34.1 Å². The molecule has 1 unspecified atom stereocenters. The molecule has 2 nitrogen and oxygen atoms in total. The third kappa shape index (κ3) is 7.18. The van der Waals surface area contributed by atoms with Gasteiger partial charge in [-0.15, -0.1) is 11.3 Å². The lowest BCUT2D eigenvalue weighted by Crippen LogP contribution is -2.29. The Balaban J connectivity index is 1.09.